The predicted molar refractivity (Wildman–Crippen MR) is 61.0 cm³/mol. The van der Waals surface area contributed by atoms with Gasteiger partial charge in [-0.05, 0) is 19.4 Å². The van der Waals surface area contributed by atoms with E-state index >= 15 is 0 Å². The first-order valence-electron chi connectivity index (χ1n) is 5.88. The summed E-state index contributed by atoms with van der Waals surface area (Å²) >= 11 is 0. The van der Waals surface area contributed by atoms with Gasteiger partial charge in [-0.25, -0.2) is 4.98 Å². The fourth-order valence-corrected chi connectivity index (χ4v) is 2.10. The minimum Gasteiger partial charge on any atom is -0.337 e. The summed E-state index contributed by atoms with van der Waals surface area (Å²) in [6, 6.07) is -0.190. The molecule has 18 heavy (non-hydrogen) atoms. The number of nitrogens with zero attached hydrogens (tertiary/aromatic N) is 3. The number of alkyl halides is 2. The number of hydrogen-bond acceptors (Lipinski definition) is 3. The van der Waals surface area contributed by atoms with E-state index in [1.54, 1.807) is 7.05 Å². The summed E-state index contributed by atoms with van der Waals surface area (Å²) in [5, 5.41) is 3.09. The Morgan fingerprint density at radius 3 is 3.11 bits per heavy atom. The molecule has 0 aromatic carbocycles. The SMILES string of the molecule is CN(Cc1nccn1C(F)F)C(=O)[C@@H]1CCCN1. The zero-order valence-electron chi connectivity index (χ0n) is 10.1. The topological polar surface area (TPSA) is 50.2 Å². The van der Waals surface area contributed by atoms with Gasteiger partial charge < -0.3 is 10.2 Å². The summed E-state index contributed by atoms with van der Waals surface area (Å²) in [4.78, 5) is 17.3. The fourth-order valence-electron chi connectivity index (χ4n) is 2.10. The van der Waals surface area contributed by atoms with Crippen LogP contribution in [-0.4, -0.2) is 40.0 Å². The van der Waals surface area contributed by atoms with Crippen molar-refractivity contribution in [2.75, 3.05) is 13.6 Å². The molecule has 1 aromatic rings. The van der Waals surface area contributed by atoms with Crippen molar-refractivity contribution in [3.05, 3.63) is 18.2 Å². The number of halogens is 2. The van der Waals surface area contributed by atoms with Crippen LogP contribution < -0.4 is 5.32 Å². The Labute approximate surface area is 104 Å². The first-order chi connectivity index (χ1) is 8.59. The molecular weight excluding hydrogens is 242 g/mol. The molecular formula is C11H16F2N4O. The molecule has 1 aliphatic rings. The molecule has 0 spiro atoms. The molecule has 1 saturated heterocycles. The maximum Gasteiger partial charge on any atom is 0.319 e. The highest BCUT2D eigenvalue weighted by molar-refractivity contribution is 5.81. The van der Waals surface area contributed by atoms with Crippen LogP contribution in [0.25, 0.3) is 0 Å². The number of carbonyl (C=O) groups excluding carboxylic acids is 1. The predicted octanol–water partition coefficient (Wildman–Crippen LogP) is 0.989. The average Bonchev–Trinajstić information content (AvgIpc) is 2.98. The van der Waals surface area contributed by atoms with E-state index in [0.717, 1.165) is 24.0 Å². The van der Waals surface area contributed by atoms with Gasteiger partial charge in [0.1, 0.15) is 5.82 Å². The van der Waals surface area contributed by atoms with Gasteiger partial charge in [0.05, 0.1) is 12.6 Å². The van der Waals surface area contributed by atoms with Crippen molar-refractivity contribution in [3.63, 3.8) is 0 Å². The molecule has 0 saturated carbocycles. The summed E-state index contributed by atoms with van der Waals surface area (Å²) in [6.07, 6.45) is 4.29. The molecule has 2 heterocycles. The van der Waals surface area contributed by atoms with Gasteiger partial charge in [-0.1, -0.05) is 0 Å². The second-order valence-electron chi connectivity index (χ2n) is 4.37. The normalized spacial score (nSPS) is 19.4. The van der Waals surface area contributed by atoms with Gasteiger partial charge in [0.15, 0.2) is 0 Å². The maximum absolute atomic E-state index is 12.6. The van der Waals surface area contributed by atoms with Gasteiger partial charge in [-0.3, -0.25) is 9.36 Å². The van der Waals surface area contributed by atoms with Gasteiger partial charge in [-0.2, -0.15) is 8.78 Å². The van der Waals surface area contributed by atoms with Gasteiger partial charge in [0.25, 0.3) is 0 Å². The molecule has 1 aromatic heterocycles. The van der Waals surface area contributed by atoms with Crippen LogP contribution in [0.15, 0.2) is 12.4 Å². The quantitative estimate of drug-likeness (QED) is 0.876. The third-order valence-corrected chi connectivity index (χ3v) is 3.07. The fraction of sp³-hybridized carbons (Fsp3) is 0.636. The third-order valence-electron chi connectivity index (χ3n) is 3.07. The number of amides is 1. The molecule has 7 heteroatoms. The highest BCUT2D eigenvalue weighted by Gasteiger charge is 2.26. The Bertz CT molecular complexity index is 415. The van der Waals surface area contributed by atoms with Crippen molar-refractivity contribution in [2.45, 2.75) is 32.0 Å². The Hall–Kier alpha value is -1.50. The molecule has 1 aliphatic heterocycles. The summed E-state index contributed by atoms with van der Waals surface area (Å²) in [5.74, 6) is 0.121. The van der Waals surface area contributed by atoms with Crippen LogP contribution in [0.2, 0.25) is 0 Å². The number of nitrogens with one attached hydrogen (secondary N) is 1. The van der Waals surface area contributed by atoms with E-state index in [1.165, 1.54) is 17.3 Å². The number of likely N-dealkylation sites (N-methyl/N-ethyl adjacent to an activating group) is 1. The lowest BCUT2D eigenvalue weighted by Gasteiger charge is -2.21. The van der Waals surface area contributed by atoms with Crippen LogP contribution in [0, 0.1) is 0 Å². The lowest BCUT2D eigenvalue weighted by atomic mass is 10.2. The van der Waals surface area contributed by atoms with Gasteiger partial charge in [-0.15, -0.1) is 0 Å². The molecule has 0 radical (unpaired) electrons. The van der Waals surface area contributed by atoms with Crippen LogP contribution >= 0.6 is 0 Å². The minimum absolute atomic E-state index is 0.0729. The molecule has 2 rings (SSSR count). The van der Waals surface area contributed by atoms with E-state index in [-0.39, 0.29) is 24.3 Å². The third kappa shape index (κ3) is 2.66. The van der Waals surface area contributed by atoms with Gasteiger partial charge in [0.2, 0.25) is 5.91 Å². The van der Waals surface area contributed by atoms with Crippen molar-refractivity contribution in [1.82, 2.24) is 19.8 Å². The zero-order valence-corrected chi connectivity index (χ0v) is 10.1. The second-order valence-corrected chi connectivity index (χ2v) is 4.37. The molecule has 0 bridgehead atoms. The van der Waals surface area contributed by atoms with Gasteiger partial charge >= 0.3 is 6.55 Å². The highest BCUT2D eigenvalue weighted by Crippen LogP contribution is 2.15. The van der Waals surface area contributed by atoms with Crippen molar-refractivity contribution >= 4 is 5.91 Å². The summed E-state index contributed by atoms with van der Waals surface area (Å²) in [5.41, 5.74) is 0. The van der Waals surface area contributed by atoms with Crippen LogP contribution in [0.1, 0.15) is 25.2 Å². The van der Waals surface area contributed by atoms with Crippen molar-refractivity contribution in [3.8, 4) is 0 Å². The minimum atomic E-state index is -2.63. The molecule has 1 fully saturated rings. The lowest BCUT2D eigenvalue weighted by Crippen LogP contribution is -2.41. The first-order valence-corrected chi connectivity index (χ1v) is 5.88. The van der Waals surface area contributed by atoms with E-state index in [1.807, 2.05) is 0 Å². The molecule has 0 unspecified atom stereocenters. The van der Waals surface area contributed by atoms with Crippen LogP contribution in [0.4, 0.5) is 8.78 Å². The van der Waals surface area contributed by atoms with Crippen LogP contribution in [0.5, 0.6) is 0 Å². The average molecular weight is 258 g/mol. The van der Waals surface area contributed by atoms with E-state index in [4.69, 9.17) is 0 Å². The van der Waals surface area contributed by atoms with Crippen molar-refractivity contribution in [2.24, 2.45) is 0 Å². The zero-order chi connectivity index (χ0) is 13.1. The Kier molecular flexibility index (Phi) is 3.90. The van der Waals surface area contributed by atoms with Gasteiger partial charge in [0, 0.05) is 19.4 Å². The summed E-state index contributed by atoms with van der Waals surface area (Å²) in [7, 11) is 1.60. The number of aromatic nitrogens is 2. The molecule has 5 nitrogen and oxygen atoms in total. The number of rotatable bonds is 4. The standard InChI is InChI=1S/C11H16F2N4O/c1-16(10(18)8-3-2-4-14-8)7-9-15-5-6-17(9)11(12)13/h5-6,8,11,14H,2-4,7H2,1H3/t8-/m0/s1. The maximum atomic E-state index is 12.6. The number of hydrogen-bond donors (Lipinski definition) is 1. The summed E-state index contributed by atoms with van der Waals surface area (Å²) in [6.45, 7) is -1.71. The monoisotopic (exact) mass is 258 g/mol. The highest BCUT2D eigenvalue weighted by atomic mass is 19.3. The van der Waals surface area contributed by atoms with Crippen molar-refractivity contribution in [1.29, 1.82) is 0 Å². The van der Waals surface area contributed by atoms with Crippen molar-refractivity contribution < 1.29 is 13.6 Å². The Morgan fingerprint density at radius 2 is 2.50 bits per heavy atom. The van der Waals surface area contributed by atoms with E-state index in [0.29, 0.717) is 0 Å². The second kappa shape index (κ2) is 5.43. The largest absolute Gasteiger partial charge is 0.337 e. The lowest BCUT2D eigenvalue weighted by molar-refractivity contribution is -0.132. The molecule has 1 amide bonds. The molecule has 100 valence electrons. The van der Waals surface area contributed by atoms with E-state index < -0.39 is 6.55 Å². The molecule has 1 atom stereocenters. The van der Waals surface area contributed by atoms with Crippen LogP contribution in [-0.2, 0) is 11.3 Å². The van der Waals surface area contributed by atoms with Crippen LogP contribution in [0.3, 0.4) is 0 Å². The number of imidazole rings is 1. The Morgan fingerprint density at radius 1 is 1.72 bits per heavy atom. The smallest absolute Gasteiger partial charge is 0.319 e. The summed E-state index contributed by atoms with van der Waals surface area (Å²) < 4.78 is 26.0. The number of carbonyl (C=O) groups is 1. The molecule has 1 N–H and O–H groups in total. The van der Waals surface area contributed by atoms with E-state index in [9.17, 15) is 13.6 Å². The Balaban J connectivity index is 1.99. The molecule has 0 aliphatic carbocycles. The van der Waals surface area contributed by atoms with E-state index in [2.05, 4.69) is 10.3 Å². The first kappa shape index (κ1) is 12.9.